The number of hydrogen-bond donors (Lipinski definition) is 2. The Bertz CT molecular complexity index is 617. The highest BCUT2D eigenvalue weighted by Crippen LogP contribution is 2.22. The molecule has 0 unspecified atom stereocenters. The summed E-state index contributed by atoms with van der Waals surface area (Å²) in [6.45, 7) is 0.431. The van der Waals surface area contributed by atoms with Gasteiger partial charge < -0.3 is 15.4 Å². The Morgan fingerprint density at radius 2 is 1.76 bits per heavy atom. The van der Waals surface area contributed by atoms with Crippen LogP contribution in [0.2, 0.25) is 0 Å². The van der Waals surface area contributed by atoms with Gasteiger partial charge in [-0.05, 0) is 24.3 Å². The molecule has 0 saturated carbocycles. The van der Waals surface area contributed by atoms with Crippen LogP contribution in [0.25, 0.3) is 0 Å². The van der Waals surface area contributed by atoms with Crippen molar-refractivity contribution < 1.29 is 13.9 Å². The molecule has 2 aromatic carbocycles. The van der Waals surface area contributed by atoms with Crippen LogP contribution in [-0.4, -0.2) is 19.6 Å². The van der Waals surface area contributed by atoms with Gasteiger partial charge in [0, 0.05) is 13.0 Å². The number of amides is 1. The first-order chi connectivity index (χ1) is 10.2. The molecule has 0 aromatic heterocycles. The second kappa shape index (κ2) is 7.28. The molecule has 0 atom stereocenters. The summed E-state index contributed by atoms with van der Waals surface area (Å²) >= 11 is 0. The number of ether oxygens (including phenoxy) is 1. The summed E-state index contributed by atoms with van der Waals surface area (Å²) in [4.78, 5) is 11.8. The third-order valence-corrected chi connectivity index (χ3v) is 2.92. The zero-order valence-corrected chi connectivity index (χ0v) is 11.7. The molecule has 0 fully saturated rings. The smallest absolute Gasteiger partial charge is 0.226 e. The second-order valence-electron chi connectivity index (χ2n) is 4.41. The number of para-hydroxylation sites is 3. The predicted octanol–water partition coefficient (Wildman–Crippen LogP) is 3.28. The molecule has 110 valence electrons. The molecule has 2 N–H and O–H groups in total. The van der Waals surface area contributed by atoms with Gasteiger partial charge >= 0.3 is 0 Å². The summed E-state index contributed by atoms with van der Waals surface area (Å²) in [6, 6.07) is 13.5. The first-order valence-electron chi connectivity index (χ1n) is 6.62. The number of carbonyl (C=O) groups is 1. The van der Waals surface area contributed by atoms with Crippen molar-refractivity contribution in [2.24, 2.45) is 0 Å². The normalized spacial score (nSPS) is 10.0. The average molecular weight is 288 g/mol. The molecule has 5 heteroatoms. The molecule has 4 nitrogen and oxygen atoms in total. The minimum atomic E-state index is -0.441. The van der Waals surface area contributed by atoms with Gasteiger partial charge in [-0.15, -0.1) is 0 Å². The molecule has 0 bridgehead atoms. The van der Waals surface area contributed by atoms with E-state index < -0.39 is 5.82 Å². The summed E-state index contributed by atoms with van der Waals surface area (Å²) in [5.41, 5.74) is 1.01. The number of rotatable bonds is 6. The predicted molar refractivity (Wildman–Crippen MR) is 81.1 cm³/mol. The highest BCUT2D eigenvalue weighted by molar-refractivity contribution is 5.91. The lowest BCUT2D eigenvalue weighted by Crippen LogP contribution is -2.17. The number of nitrogens with one attached hydrogen (secondary N) is 2. The van der Waals surface area contributed by atoms with E-state index in [1.165, 1.54) is 12.1 Å². The molecule has 0 spiro atoms. The summed E-state index contributed by atoms with van der Waals surface area (Å²) in [5.74, 6) is 0.0260. The monoisotopic (exact) mass is 288 g/mol. The minimum absolute atomic E-state index is 0.194. The van der Waals surface area contributed by atoms with Gasteiger partial charge in [0.2, 0.25) is 5.91 Å². The molecule has 2 aromatic rings. The zero-order chi connectivity index (χ0) is 15.1. The van der Waals surface area contributed by atoms with Crippen LogP contribution in [0.1, 0.15) is 6.42 Å². The van der Waals surface area contributed by atoms with Gasteiger partial charge in [-0.1, -0.05) is 24.3 Å². The molecule has 0 aliphatic rings. The maximum atomic E-state index is 13.4. The van der Waals surface area contributed by atoms with Crippen molar-refractivity contribution in [2.75, 3.05) is 24.3 Å². The fourth-order valence-electron chi connectivity index (χ4n) is 1.88. The topological polar surface area (TPSA) is 50.4 Å². The molecule has 0 saturated heterocycles. The van der Waals surface area contributed by atoms with E-state index in [1.54, 1.807) is 19.2 Å². The highest BCUT2D eigenvalue weighted by atomic mass is 19.1. The standard InChI is InChI=1S/C16H17FN2O2/c1-21-15-9-5-4-8-14(15)18-11-10-16(20)19-13-7-3-2-6-12(13)17/h2-9,18H,10-11H2,1H3,(H,19,20). The number of methoxy groups -OCH3 is 1. The SMILES string of the molecule is COc1ccccc1NCCC(=O)Nc1ccccc1F. The number of hydrogen-bond acceptors (Lipinski definition) is 3. The zero-order valence-electron chi connectivity index (χ0n) is 11.7. The van der Waals surface area contributed by atoms with Gasteiger partial charge in [-0.2, -0.15) is 0 Å². The van der Waals surface area contributed by atoms with Crippen LogP contribution in [-0.2, 0) is 4.79 Å². The van der Waals surface area contributed by atoms with E-state index in [0.29, 0.717) is 12.3 Å². The Morgan fingerprint density at radius 1 is 1.10 bits per heavy atom. The Labute approximate surface area is 122 Å². The van der Waals surface area contributed by atoms with E-state index in [4.69, 9.17) is 4.74 Å². The second-order valence-corrected chi connectivity index (χ2v) is 4.41. The molecular formula is C16H17FN2O2. The van der Waals surface area contributed by atoms with Crippen LogP contribution in [0.5, 0.6) is 5.75 Å². The lowest BCUT2D eigenvalue weighted by atomic mass is 10.2. The maximum Gasteiger partial charge on any atom is 0.226 e. The number of anilines is 2. The number of benzene rings is 2. The third-order valence-electron chi connectivity index (χ3n) is 2.92. The molecule has 0 heterocycles. The largest absolute Gasteiger partial charge is 0.495 e. The van der Waals surface area contributed by atoms with Crippen LogP contribution in [0.15, 0.2) is 48.5 Å². The number of carbonyl (C=O) groups excluding carboxylic acids is 1. The van der Waals surface area contributed by atoms with Gasteiger partial charge in [-0.25, -0.2) is 4.39 Å². The molecule has 0 radical (unpaired) electrons. The van der Waals surface area contributed by atoms with Crippen LogP contribution in [0.4, 0.5) is 15.8 Å². The van der Waals surface area contributed by atoms with E-state index in [1.807, 2.05) is 24.3 Å². The highest BCUT2D eigenvalue weighted by Gasteiger charge is 2.06. The van der Waals surface area contributed by atoms with Gasteiger partial charge in [0.15, 0.2) is 0 Å². The van der Waals surface area contributed by atoms with Crippen molar-refractivity contribution in [3.8, 4) is 5.75 Å². The molecule has 0 aliphatic carbocycles. The summed E-state index contributed by atoms with van der Waals surface area (Å²) < 4.78 is 18.6. The molecule has 2 rings (SSSR count). The Hall–Kier alpha value is -2.56. The molecule has 0 aliphatic heterocycles. The van der Waals surface area contributed by atoms with Gasteiger partial charge in [0.05, 0.1) is 18.5 Å². The van der Waals surface area contributed by atoms with E-state index in [2.05, 4.69) is 10.6 Å². The maximum absolute atomic E-state index is 13.4. The Morgan fingerprint density at radius 3 is 2.48 bits per heavy atom. The van der Waals surface area contributed by atoms with Crippen molar-refractivity contribution >= 4 is 17.3 Å². The molecule has 1 amide bonds. The summed E-state index contributed by atoms with van der Waals surface area (Å²) in [6.07, 6.45) is 0.229. The lowest BCUT2D eigenvalue weighted by Gasteiger charge is -2.11. The lowest BCUT2D eigenvalue weighted by molar-refractivity contribution is -0.116. The van der Waals surface area contributed by atoms with Crippen molar-refractivity contribution in [3.05, 3.63) is 54.3 Å². The Balaban J connectivity index is 1.83. The van der Waals surface area contributed by atoms with Crippen LogP contribution < -0.4 is 15.4 Å². The van der Waals surface area contributed by atoms with E-state index in [9.17, 15) is 9.18 Å². The van der Waals surface area contributed by atoms with Gasteiger partial charge in [-0.3, -0.25) is 4.79 Å². The quantitative estimate of drug-likeness (QED) is 0.857. The summed E-state index contributed by atoms with van der Waals surface area (Å²) in [7, 11) is 1.59. The number of halogens is 1. The van der Waals surface area contributed by atoms with E-state index >= 15 is 0 Å². The van der Waals surface area contributed by atoms with Crippen molar-refractivity contribution in [2.45, 2.75) is 6.42 Å². The van der Waals surface area contributed by atoms with Crippen LogP contribution in [0, 0.1) is 5.82 Å². The van der Waals surface area contributed by atoms with Gasteiger partial charge in [0.1, 0.15) is 11.6 Å². The Kier molecular flexibility index (Phi) is 5.15. The molecular weight excluding hydrogens is 271 g/mol. The van der Waals surface area contributed by atoms with Crippen molar-refractivity contribution in [1.82, 2.24) is 0 Å². The van der Waals surface area contributed by atoms with Crippen molar-refractivity contribution in [3.63, 3.8) is 0 Å². The average Bonchev–Trinajstić information content (AvgIpc) is 2.50. The first kappa shape index (κ1) is 14.8. The van der Waals surface area contributed by atoms with E-state index in [-0.39, 0.29) is 18.0 Å². The fraction of sp³-hybridized carbons (Fsp3) is 0.188. The van der Waals surface area contributed by atoms with Crippen LogP contribution in [0.3, 0.4) is 0 Å². The fourth-order valence-corrected chi connectivity index (χ4v) is 1.88. The summed E-state index contributed by atoms with van der Waals surface area (Å²) in [5, 5.41) is 5.66. The van der Waals surface area contributed by atoms with Crippen LogP contribution >= 0.6 is 0 Å². The van der Waals surface area contributed by atoms with E-state index in [0.717, 1.165) is 5.69 Å². The van der Waals surface area contributed by atoms with Crippen molar-refractivity contribution in [1.29, 1.82) is 0 Å². The molecule has 21 heavy (non-hydrogen) atoms. The first-order valence-corrected chi connectivity index (χ1v) is 6.62. The minimum Gasteiger partial charge on any atom is -0.495 e. The third kappa shape index (κ3) is 4.21. The van der Waals surface area contributed by atoms with Gasteiger partial charge in [0.25, 0.3) is 0 Å².